The predicted molar refractivity (Wildman–Crippen MR) is 45.8 cm³/mol. The van der Waals surface area contributed by atoms with E-state index in [0.717, 1.165) is 5.75 Å². The maximum atomic E-state index is 9.60. The van der Waals surface area contributed by atoms with Crippen LogP contribution in [-0.4, -0.2) is 34.4 Å². The van der Waals surface area contributed by atoms with Crippen molar-refractivity contribution in [3.63, 3.8) is 0 Å². The van der Waals surface area contributed by atoms with Crippen LogP contribution in [0.25, 0.3) is 0 Å². The van der Waals surface area contributed by atoms with E-state index >= 15 is 0 Å². The van der Waals surface area contributed by atoms with Crippen molar-refractivity contribution in [1.82, 2.24) is 0 Å². The van der Waals surface area contributed by atoms with Gasteiger partial charge in [0.05, 0.1) is 14.1 Å². The summed E-state index contributed by atoms with van der Waals surface area (Å²) in [6.45, 7) is 3.40. The number of hydrogen-bond acceptors (Lipinski definition) is 3. The number of rotatable bonds is 1. The van der Waals surface area contributed by atoms with Gasteiger partial charge >= 0.3 is 0 Å². The van der Waals surface area contributed by atoms with Gasteiger partial charge in [-0.3, -0.25) is 0 Å². The molecule has 3 heteroatoms. The summed E-state index contributed by atoms with van der Waals surface area (Å²) < 4.78 is 13.1. The summed E-state index contributed by atoms with van der Waals surface area (Å²) in [5.74, 6) is 1.15. The Kier molecular flexibility index (Phi) is 1.46. The molecule has 0 spiro atoms. The highest BCUT2D eigenvalue weighted by molar-refractivity contribution is 8.00. The van der Waals surface area contributed by atoms with E-state index in [1.54, 1.807) is 18.7 Å². The van der Waals surface area contributed by atoms with E-state index in [9.17, 15) is 5.11 Å². The van der Waals surface area contributed by atoms with Crippen molar-refractivity contribution in [2.45, 2.75) is 30.8 Å². The molecule has 2 aliphatic heterocycles. The largest absolute Gasteiger partial charge is 0.390 e. The standard InChI is InChI=1S/C8H14O2S/c1-5-7-3-10-8(5,4-11-7)6(2)9/h5-7,9H,3-4H2,1-2H3/t5-,6-,7-,8-/m0/s1/i3T/t3-,5-,6-,7-,8-. The second-order valence-corrected chi connectivity index (χ2v) is 4.62. The van der Waals surface area contributed by atoms with Crippen LogP contribution >= 0.6 is 11.8 Å². The van der Waals surface area contributed by atoms with Gasteiger partial charge in [0.1, 0.15) is 5.60 Å². The van der Waals surface area contributed by atoms with Crippen LogP contribution in [0.3, 0.4) is 0 Å². The average molecular weight is 176 g/mol. The number of aliphatic hydroxyl groups is 1. The van der Waals surface area contributed by atoms with E-state index in [1.165, 1.54) is 0 Å². The van der Waals surface area contributed by atoms with Gasteiger partial charge in [-0.1, -0.05) is 6.92 Å². The lowest BCUT2D eigenvalue weighted by atomic mass is 9.87. The maximum Gasteiger partial charge on any atom is 0.106 e. The van der Waals surface area contributed by atoms with Crippen LogP contribution in [0.2, 0.25) is 0 Å². The van der Waals surface area contributed by atoms with E-state index in [2.05, 4.69) is 6.92 Å². The molecular formula is C8H14O2S. The second kappa shape index (κ2) is 2.38. The molecule has 2 saturated heterocycles. The maximum absolute atomic E-state index is 9.60. The molecule has 0 unspecified atom stereocenters. The van der Waals surface area contributed by atoms with Gasteiger partial charge < -0.3 is 9.84 Å². The fourth-order valence-corrected chi connectivity index (χ4v) is 3.55. The number of fused-ring (bicyclic) bond motifs is 2. The molecule has 2 bridgehead atoms. The van der Waals surface area contributed by atoms with E-state index in [-0.39, 0.29) is 5.25 Å². The topological polar surface area (TPSA) is 29.5 Å². The molecule has 0 amide bonds. The second-order valence-electron chi connectivity index (χ2n) is 3.45. The minimum Gasteiger partial charge on any atom is -0.390 e. The number of ether oxygens (including phenoxy) is 1. The number of hydrogen-bond donors (Lipinski definition) is 1. The molecule has 2 fully saturated rings. The van der Waals surface area contributed by atoms with Gasteiger partial charge in [-0.15, -0.1) is 0 Å². The Morgan fingerprint density at radius 2 is 2.64 bits per heavy atom. The van der Waals surface area contributed by atoms with Gasteiger partial charge in [-0.25, -0.2) is 0 Å². The SMILES string of the molecule is [3H][C@@H]1O[C@@]2([C@H](C)O)CS[C@@H]1[C@@H]2C. The Morgan fingerprint density at radius 1 is 1.91 bits per heavy atom. The molecule has 5 atom stereocenters. The fourth-order valence-electron chi connectivity index (χ4n) is 1.87. The molecule has 0 saturated carbocycles. The highest BCUT2D eigenvalue weighted by Crippen LogP contribution is 2.49. The van der Waals surface area contributed by atoms with Crippen molar-refractivity contribution >= 4 is 11.8 Å². The zero-order chi connectivity index (χ0) is 8.93. The first-order valence-corrected chi connectivity index (χ1v) is 5.02. The van der Waals surface area contributed by atoms with Gasteiger partial charge in [0.2, 0.25) is 0 Å². The van der Waals surface area contributed by atoms with Crippen molar-refractivity contribution in [3.05, 3.63) is 0 Å². The first-order valence-electron chi connectivity index (χ1n) is 4.55. The summed E-state index contributed by atoms with van der Waals surface area (Å²) in [6, 6.07) is 0. The van der Waals surface area contributed by atoms with Crippen LogP contribution in [0.5, 0.6) is 0 Å². The van der Waals surface area contributed by atoms with Crippen molar-refractivity contribution in [3.8, 4) is 0 Å². The minimum atomic E-state index is -0.458. The predicted octanol–water partition coefficient (Wildman–Crippen LogP) is 0.888. The first kappa shape index (κ1) is 6.75. The van der Waals surface area contributed by atoms with Gasteiger partial charge in [-0.05, 0) is 6.92 Å². The monoisotopic (exact) mass is 176 g/mol. The molecule has 0 aliphatic carbocycles. The number of aliphatic hydroxyl groups excluding tert-OH is 1. The Labute approximate surface area is 72.7 Å². The Balaban J connectivity index is 2.27. The Morgan fingerprint density at radius 3 is 2.91 bits per heavy atom. The molecule has 2 rings (SSSR count). The molecule has 2 heterocycles. The summed E-state index contributed by atoms with van der Waals surface area (Å²) >= 11 is 1.76. The van der Waals surface area contributed by atoms with Crippen molar-refractivity contribution < 1.29 is 11.2 Å². The van der Waals surface area contributed by atoms with E-state index < -0.39 is 18.3 Å². The van der Waals surface area contributed by atoms with Gasteiger partial charge in [0.25, 0.3) is 0 Å². The fraction of sp³-hybridized carbons (Fsp3) is 1.00. The van der Waals surface area contributed by atoms with Gasteiger partial charge in [0.15, 0.2) is 0 Å². The van der Waals surface area contributed by atoms with E-state index in [1.807, 2.05) is 0 Å². The van der Waals surface area contributed by atoms with E-state index in [4.69, 9.17) is 6.11 Å². The molecule has 1 N–H and O–H groups in total. The molecule has 64 valence electrons. The van der Waals surface area contributed by atoms with Crippen LogP contribution in [-0.2, 0) is 4.74 Å². The van der Waals surface area contributed by atoms with Crippen LogP contribution in [0.15, 0.2) is 0 Å². The summed E-state index contributed by atoms with van der Waals surface area (Å²) in [7, 11) is 0. The highest BCUT2D eigenvalue weighted by atomic mass is 32.2. The summed E-state index contributed by atoms with van der Waals surface area (Å²) in [6.07, 6.45) is -0.458. The zero-order valence-corrected chi connectivity index (χ0v) is 7.60. The lowest BCUT2D eigenvalue weighted by Gasteiger charge is -2.31. The third kappa shape index (κ3) is 0.879. The number of thioether (sulfide) groups is 1. The van der Waals surface area contributed by atoms with E-state index in [0.29, 0.717) is 5.92 Å². The third-order valence-electron chi connectivity index (χ3n) is 2.89. The lowest BCUT2D eigenvalue weighted by Crippen LogP contribution is -2.45. The average Bonchev–Trinajstić information content (AvgIpc) is 2.42. The normalized spacial score (nSPS) is 59.5. The quantitative estimate of drug-likeness (QED) is 0.643. The van der Waals surface area contributed by atoms with Gasteiger partial charge in [0, 0.05) is 16.9 Å². The first-order chi connectivity index (χ1) is 5.58. The third-order valence-corrected chi connectivity index (χ3v) is 4.42. The van der Waals surface area contributed by atoms with Crippen LogP contribution in [0, 0.1) is 5.92 Å². The zero-order valence-electron chi connectivity index (χ0n) is 7.78. The molecule has 0 aromatic carbocycles. The molecule has 11 heavy (non-hydrogen) atoms. The Bertz CT molecular complexity index is 199. The van der Waals surface area contributed by atoms with Gasteiger partial charge in [-0.2, -0.15) is 11.8 Å². The van der Waals surface area contributed by atoms with Crippen LogP contribution in [0.1, 0.15) is 15.2 Å². The lowest BCUT2D eigenvalue weighted by molar-refractivity contribution is -0.0836. The molecule has 2 nitrogen and oxygen atoms in total. The smallest absolute Gasteiger partial charge is 0.106 e. The molecule has 0 aromatic heterocycles. The summed E-state index contributed by atoms with van der Waals surface area (Å²) in [5, 5.41) is 9.86. The van der Waals surface area contributed by atoms with Crippen molar-refractivity contribution in [1.29, 1.82) is 0 Å². The molecule has 0 aromatic rings. The highest BCUT2D eigenvalue weighted by Gasteiger charge is 2.56. The Hall–Kier alpha value is 0.270. The van der Waals surface area contributed by atoms with Crippen LogP contribution in [0.4, 0.5) is 0 Å². The molecular weight excluding hydrogens is 160 g/mol. The van der Waals surface area contributed by atoms with Crippen molar-refractivity contribution in [2.75, 3.05) is 12.3 Å². The van der Waals surface area contributed by atoms with Crippen molar-refractivity contribution in [2.24, 2.45) is 5.92 Å². The molecule has 2 aliphatic rings. The summed E-state index contributed by atoms with van der Waals surface area (Å²) in [4.78, 5) is 0. The minimum absolute atomic E-state index is 0.264. The molecule has 0 radical (unpaired) electrons. The summed E-state index contributed by atoms with van der Waals surface area (Å²) in [5.41, 5.74) is -0.429. The van der Waals surface area contributed by atoms with Crippen LogP contribution < -0.4 is 0 Å².